The molecule has 6 heteroatoms. The molecule has 0 unspecified atom stereocenters. The number of aliphatic imine (C=N–C) groups is 4. The molecule has 6 nitrogen and oxygen atoms in total. The molecule has 112 valence electrons. The van der Waals surface area contributed by atoms with Crippen molar-refractivity contribution in [2.24, 2.45) is 20.0 Å². The van der Waals surface area contributed by atoms with Crippen molar-refractivity contribution < 1.29 is 9.59 Å². The first-order valence-corrected chi connectivity index (χ1v) is 6.67. The molecule has 2 rings (SSSR count). The summed E-state index contributed by atoms with van der Waals surface area (Å²) in [6.07, 6.45) is 2.98. The van der Waals surface area contributed by atoms with Crippen molar-refractivity contribution in [1.82, 2.24) is 0 Å². The highest BCUT2D eigenvalue weighted by atomic mass is 16.1. The minimum absolute atomic E-state index is 0.387. The van der Waals surface area contributed by atoms with E-state index < -0.39 is 0 Å². The Balaban J connectivity index is 2.43. The van der Waals surface area contributed by atoms with Crippen molar-refractivity contribution in [3.8, 4) is 0 Å². The standard InChI is InChI=1S/C17H12N4O2/c1-12-3-5-14(16(7-12)20-10-22)18-9-19-15-6-4-13(2)8-17(15)21-11-23/h3-8H,1-2H3. The molecule has 2 aromatic carbocycles. The van der Waals surface area contributed by atoms with Gasteiger partial charge in [0.15, 0.2) is 0 Å². The van der Waals surface area contributed by atoms with E-state index in [4.69, 9.17) is 0 Å². The first-order chi connectivity index (χ1) is 11.1. The van der Waals surface area contributed by atoms with E-state index in [1.165, 1.54) is 12.2 Å². The minimum Gasteiger partial charge on any atom is -0.211 e. The van der Waals surface area contributed by atoms with Crippen LogP contribution in [-0.4, -0.2) is 18.2 Å². The molecule has 0 heterocycles. The monoisotopic (exact) mass is 304 g/mol. The maximum absolute atomic E-state index is 10.5. The summed E-state index contributed by atoms with van der Waals surface area (Å²) in [6, 6.07) is 13.0. The lowest BCUT2D eigenvalue weighted by Gasteiger charge is -1.99. The Hall–Kier alpha value is -3.42. The quantitative estimate of drug-likeness (QED) is 0.620. The fraction of sp³-hybridized carbons (Fsp3) is 0.118. The SMILES string of the molecule is Cc1ccc(N=C=Nc2ccc(C)cc2N=C=O)c(N=C=O)c1. The molecule has 0 fully saturated rings. The first-order valence-electron chi connectivity index (χ1n) is 6.67. The van der Waals surface area contributed by atoms with Crippen LogP contribution in [0.15, 0.2) is 56.4 Å². The summed E-state index contributed by atoms with van der Waals surface area (Å²) in [6.45, 7) is 3.75. The van der Waals surface area contributed by atoms with Gasteiger partial charge >= 0.3 is 0 Å². The second-order valence-electron chi connectivity index (χ2n) is 4.71. The molecule has 2 aromatic rings. The highest BCUT2D eigenvalue weighted by molar-refractivity contribution is 5.73. The molecule has 0 saturated heterocycles. The Morgan fingerprint density at radius 1 is 0.652 bits per heavy atom. The van der Waals surface area contributed by atoms with E-state index in [-0.39, 0.29) is 0 Å². The summed E-state index contributed by atoms with van der Waals surface area (Å²) < 4.78 is 0. The molecule has 0 amide bonds. The zero-order chi connectivity index (χ0) is 16.7. The smallest absolute Gasteiger partial charge is 0.211 e. The fourth-order valence-corrected chi connectivity index (χ4v) is 1.87. The van der Waals surface area contributed by atoms with Crippen LogP contribution < -0.4 is 0 Å². The molecule has 0 aliphatic heterocycles. The second-order valence-corrected chi connectivity index (χ2v) is 4.71. The van der Waals surface area contributed by atoms with Gasteiger partial charge in [-0.15, -0.1) is 0 Å². The number of benzene rings is 2. The van der Waals surface area contributed by atoms with Gasteiger partial charge < -0.3 is 0 Å². The van der Waals surface area contributed by atoms with Crippen LogP contribution in [0.1, 0.15) is 11.1 Å². The molecule has 0 aliphatic rings. The van der Waals surface area contributed by atoms with Crippen LogP contribution in [0.2, 0.25) is 0 Å². The summed E-state index contributed by atoms with van der Waals surface area (Å²) in [5.74, 6) is 0. The van der Waals surface area contributed by atoms with Crippen molar-refractivity contribution in [2.75, 3.05) is 0 Å². The summed E-state index contributed by atoms with van der Waals surface area (Å²) in [7, 11) is 0. The Kier molecular flexibility index (Phi) is 5.24. The Morgan fingerprint density at radius 2 is 1.09 bits per heavy atom. The van der Waals surface area contributed by atoms with Crippen LogP contribution in [0.3, 0.4) is 0 Å². The van der Waals surface area contributed by atoms with Crippen LogP contribution in [-0.2, 0) is 9.59 Å². The lowest BCUT2D eigenvalue weighted by atomic mass is 10.2. The lowest BCUT2D eigenvalue weighted by Crippen LogP contribution is -1.74. The van der Waals surface area contributed by atoms with Crippen molar-refractivity contribution in [1.29, 1.82) is 0 Å². The third-order valence-corrected chi connectivity index (χ3v) is 2.93. The van der Waals surface area contributed by atoms with E-state index in [1.807, 2.05) is 26.0 Å². The van der Waals surface area contributed by atoms with Crippen LogP contribution in [0.5, 0.6) is 0 Å². The Morgan fingerprint density at radius 3 is 1.48 bits per heavy atom. The molecule has 0 bridgehead atoms. The van der Waals surface area contributed by atoms with Crippen LogP contribution in [0.25, 0.3) is 0 Å². The van der Waals surface area contributed by atoms with Gasteiger partial charge in [-0.2, -0.15) is 20.0 Å². The van der Waals surface area contributed by atoms with Gasteiger partial charge in [-0.25, -0.2) is 9.59 Å². The van der Waals surface area contributed by atoms with Crippen molar-refractivity contribution >= 4 is 40.9 Å². The molecule has 23 heavy (non-hydrogen) atoms. The molecule has 0 radical (unpaired) electrons. The van der Waals surface area contributed by atoms with Gasteiger partial charge in [0, 0.05) is 0 Å². The second kappa shape index (κ2) is 7.55. The number of rotatable bonds is 4. The van der Waals surface area contributed by atoms with E-state index >= 15 is 0 Å². The molecular formula is C17H12N4O2. The van der Waals surface area contributed by atoms with E-state index in [9.17, 15) is 9.59 Å². The average molecular weight is 304 g/mol. The fourth-order valence-electron chi connectivity index (χ4n) is 1.87. The van der Waals surface area contributed by atoms with E-state index in [1.54, 1.807) is 24.3 Å². The molecule has 0 aliphatic carbocycles. The number of aryl methyl sites for hydroxylation is 2. The third kappa shape index (κ3) is 4.27. The highest BCUT2D eigenvalue weighted by Crippen LogP contribution is 2.29. The average Bonchev–Trinajstić information content (AvgIpc) is 2.52. The predicted octanol–water partition coefficient (Wildman–Crippen LogP) is 4.38. The topological polar surface area (TPSA) is 83.6 Å². The van der Waals surface area contributed by atoms with Crippen molar-refractivity contribution in [3.63, 3.8) is 0 Å². The summed E-state index contributed by atoms with van der Waals surface area (Å²) in [4.78, 5) is 36.2. The Labute approximate surface area is 132 Å². The van der Waals surface area contributed by atoms with Crippen LogP contribution >= 0.6 is 0 Å². The van der Waals surface area contributed by atoms with E-state index in [2.05, 4.69) is 26.0 Å². The van der Waals surface area contributed by atoms with E-state index in [0.717, 1.165) is 11.1 Å². The van der Waals surface area contributed by atoms with Gasteiger partial charge in [0.25, 0.3) is 0 Å². The van der Waals surface area contributed by atoms with Crippen molar-refractivity contribution in [3.05, 3.63) is 47.5 Å². The van der Waals surface area contributed by atoms with Crippen molar-refractivity contribution in [2.45, 2.75) is 13.8 Å². The number of isocyanates is 2. The summed E-state index contributed by atoms with van der Waals surface area (Å²) >= 11 is 0. The highest BCUT2D eigenvalue weighted by Gasteiger charge is 2.01. The van der Waals surface area contributed by atoms with Gasteiger partial charge in [-0.1, -0.05) is 12.1 Å². The van der Waals surface area contributed by atoms with Gasteiger partial charge in [-0.3, -0.25) is 0 Å². The molecule has 0 atom stereocenters. The molecule has 0 N–H and O–H groups in total. The number of carbonyl (C=O) groups excluding carboxylic acids is 2. The zero-order valence-corrected chi connectivity index (χ0v) is 12.6. The molecule has 0 spiro atoms. The van der Waals surface area contributed by atoms with Gasteiger partial charge in [0.1, 0.15) is 28.8 Å². The number of hydrogen-bond donors (Lipinski definition) is 0. The maximum atomic E-state index is 10.5. The normalized spacial score (nSPS) is 9.13. The van der Waals surface area contributed by atoms with Crippen LogP contribution in [0.4, 0.5) is 22.7 Å². The molecular weight excluding hydrogens is 292 g/mol. The third-order valence-electron chi connectivity index (χ3n) is 2.93. The van der Waals surface area contributed by atoms with Gasteiger partial charge in [-0.05, 0) is 49.2 Å². The largest absolute Gasteiger partial charge is 0.240 e. The summed E-state index contributed by atoms with van der Waals surface area (Å²) in [5, 5.41) is 0. The maximum Gasteiger partial charge on any atom is 0.240 e. The first kappa shape index (κ1) is 16.0. The lowest BCUT2D eigenvalue weighted by molar-refractivity contribution is 0.564. The number of hydrogen-bond acceptors (Lipinski definition) is 6. The van der Waals surface area contributed by atoms with E-state index in [0.29, 0.717) is 22.7 Å². The Bertz CT molecular complexity index is 827. The van der Waals surface area contributed by atoms with Gasteiger partial charge in [0.2, 0.25) is 12.2 Å². The minimum atomic E-state index is 0.387. The predicted molar refractivity (Wildman–Crippen MR) is 87.1 cm³/mol. The number of nitrogens with zero attached hydrogens (tertiary/aromatic N) is 4. The van der Waals surface area contributed by atoms with Crippen LogP contribution in [0, 0.1) is 13.8 Å². The molecule has 0 saturated carbocycles. The van der Waals surface area contributed by atoms with Gasteiger partial charge in [0.05, 0.1) is 0 Å². The summed E-state index contributed by atoms with van der Waals surface area (Å²) in [5.41, 5.74) is 3.54. The molecule has 0 aromatic heterocycles. The zero-order valence-electron chi connectivity index (χ0n) is 12.6.